The highest BCUT2D eigenvalue weighted by Gasteiger charge is 2.14. The first-order chi connectivity index (χ1) is 13.2. The monoisotopic (exact) mass is 400 g/mol. The van der Waals surface area contributed by atoms with Crippen LogP contribution >= 0.6 is 23.4 Å². The van der Waals surface area contributed by atoms with Crippen molar-refractivity contribution in [2.45, 2.75) is 17.5 Å². The van der Waals surface area contributed by atoms with Crippen LogP contribution in [0.1, 0.15) is 5.89 Å². The average Bonchev–Trinajstić information content (AvgIpc) is 3.29. The SMILES string of the molecule is COCCn1c(SCc2nc(-c3cccc(Cl)c3)no2)nc2ccccc21. The van der Waals surface area contributed by atoms with Gasteiger partial charge in [0.2, 0.25) is 11.7 Å². The molecule has 2 aromatic heterocycles. The van der Waals surface area contributed by atoms with Gasteiger partial charge in [0.05, 0.1) is 23.4 Å². The van der Waals surface area contributed by atoms with Gasteiger partial charge >= 0.3 is 0 Å². The molecule has 0 aliphatic rings. The fourth-order valence-electron chi connectivity index (χ4n) is 2.75. The topological polar surface area (TPSA) is 66.0 Å². The molecule has 4 rings (SSSR count). The van der Waals surface area contributed by atoms with Gasteiger partial charge in [0.25, 0.3) is 0 Å². The summed E-state index contributed by atoms with van der Waals surface area (Å²) in [6.45, 7) is 1.35. The van der Waals surface area contributed by atoms with Gasteiger partial charge in [0.1, 0.15) is 0 Å². The lowest BCUT2D eigenvalue weighted by molar-refractivity contribution is 0.186. The molecule has 0 aliphatic carbocycles. The quantitative estimate of drug-likeness (QED) is 0.420. The summed E-state index contributed by atoms with van der Waals surface area (Å²) in [6.07, 6.45) is 0. The zero-order valence-corrected chi connectivity index (χ0v) is 16.2. The first-order valence-corrected chi connectivity index (χ1v) is 9.76. The third kappa shape index (κ3) is 4.00. The molecule has 8 heteroatoms. The molecule has 0 fully saturated rings. The molecular formula is C19H17ClN4O2S. The Bertz CT molecular complexity index is 1060. The van der Waals surface area contributed by atoms with Gasteiger partial charge in [0.15, 0.2) is 5.16 Å². The molecule has 0 saturated carbocycles. The lowest BCUT2D eigenvalue weighted by Crippen LogP contribution is -2.05. The zero-order chi connectivity index (χ0) is 18.6. The highest BCUT2D eigenvalue weighted by molar-refractivity contribution is 7.98. The van der Waals surface area contributed by atoms with Crippen LogP contribution in [-0.2, 0) is 17.0 Å². The third-order valence-electron chi connectivity index (χ3n) is 4.01. The second-order valence-electron chi connectivity index (χ2n) is 5.84. The Morgan fingerprint density at radius 1 is 1.15 bits per heavy atom. The number of ether oxygens (including phenoxy) is 1. The van der Waals surface area contributed by atoms with E-state index in [0.717, 1.165) is 28.3 Å². The van der Waals surface area contributed by atoms with Crippen molar-refractivity contribution in [3.8, 4) is 11.4 Å². The van der Waals surface area contributed by atoms with Crippen LogP contribution in [0.15, 0.2) is 58.2 Å². The van der Waals surface area contributed by atoms with E-state index in [1.807, 2.05) is 42.5 Å². The van der Waals surface area contributed by atoms with Crippen molar-refractivity contribution in [2.75, 3.05) is 13.7 Å². The van der Waals surface area contributed by atoms with Gasteiger partial charge in [0, 0.05) is 24.2 Å². The molecule has 0 bridgehead atoms. The van der Waals surface area contributed by atoms with E-state index in [9.17, 15) is 0 Å². The lowest BCUT2D eigenvalue weighted by Gasteiger charge is -2.07. The molecule has 0 N–H and O–H groups in total. The van der Waals surface area contributed by atoms with Crippen LogP contribution in [0.2, 0.25) is 5.02 Å². The van der Waals surface area contributed by atoms with E-state index < -0.39 is 0 Å². The van der Waals surface area contributed by atoms with Crippen LogP contribution in [0.3, 0.4) is 0 Å². The molecule has 0 spiro atoms. The van der Waals surface area contributed by atoms with Crippen LogP contribution in [0.25, 0.3) is 22.4 Å². The minimum absolute atomic E-state index is 0.529. The number of thioether (sulfide) groups is 1. The molecule has 0 radical (unpaired) electrons. The van der Waals surface area contributed by atoms with Gasteiger partial charge in [-0.2, -0.15) is 4.98 Å². The second-order valence-corrected chi connectivity index (χ2v) is 7.22. The van der Waals surface area contributed by atoms with Crippen molar-refractivity contribution in [2.24, 2.45) is 0 Å². The number of methoxy groups -OCH3 is 1. The highest BCUT2D eigenvalue weighted by Crippen LogP contribution is 2.27. The van der Waals surface area contributed by atoms with Crippen molar-refractivity contribution in [3.05, 3.63) is 59.4 Å². The van der Waals surface area contributed by atoms with Crippen LogP contribution in [-0.4, -0.2) is 33.4 Å². The van der Waals surface area contributed by atoms with Gasteiger partial charge in [-0.15, -0.1) is 0 Å². The van der Waals surface area contributed by atoms with E-state index in [2.05, 4.69) is 20.8 Å². The smallest absolute Gasteiger partial charge is 0.237 e. The molecule has 0 amide bonds. The highest BCUT2D eigenvalue weighted by atomic mass is 35.5. The van der Waals surface area contributed by atoms with Gasteiger partial charge in [-0.25, -0.2) is 4.98 Å². The number of para-hydroxylation sites is 2. The maximum absolute atomic E-state index is 6.03. The van der Waals surface area contributed by atoms with Gasteiger partial charge < -0.3 is 13.8 Å². The number of halogens is 1. The Kier molecular flexibility index (Phi) is 5.42. The average molecular weight is 401 g/mol. The number of fused-ring (bicyclic) bond motifs is 1. The van der Waals surface area contributed by atoms with Crippen LogP contribution in [0.5, 0.6) is 0 Å². The Labute approximate surface area is 165 Å². The van der Waals surface area contributed by atoms with Gasteiger partial charge in [-0.3, -0.25) is 0 Å². The number of hydrogen-bond donors (Lipinski definition) is 0. The second kappa shape index (κ2) is 8.12. The van der Waals surface area contributed by atoms with Crippen molar-refractivity contribution >= 4 is 34.4 Å². The van der Waals surface area contributed by atoms with Crippen LogP contribution in [0.4, 0.5) is 0 Å². The van der Waals surface area contributed by atoms with Gasteiger partial charge in [-0.1, -0.05) is 52.8 Å². The van der Waals surface area contributed by atoms with Crippen molar-refractivity contribution in [1.29, 1.82) is 0 Å². The summed E-state index contributed by atoms with van der Waals surface area (Å²) in [7, 11) is 1.70. The summed E-state index contributed by atoms with van der Waals surface area (Å²) >= 11 is 7.59. The largest absolute Gasteiger partial charge is 0.383 e. The van der Waals surface area contributed by atoms with Crippen molar-refractivity contribution < 1.29 is 9.26 Å². The number of rotatable bonds is 7. The molecule has 4 aromatic rings. The first kappa shape index (κ1) is 18.0. The number of hydrogen-bond acceptors (Lipinski definition) is 6. The lowest BCUT2D eigenvalue weighted by atomic mass is 10.2. The predicted octanol–water partition coefficient (Wildman–Crippen LogP) is 4.68. The number of benzene rings is 2. The summed E-state index contributed by atoms with van der Waals surface area (Å²) in [4.78, 5) is 9.18. The fraction of sp³-hybridized carbons (Fsp3) is 0.211. The number of aromatic nitrogens is 4. The van der Waals surface area contributed by atoms with Gasteiger partial charge in [-0.05, 0) is 24.3 Å². The number of imidazole rings is 1. The molecule has 0 unspecified atom stereocenters. The minimum atomic E-state index is 0.529. The van der Waals surface area contributed by atoms with Crippen molar-refractivity contribution in [3.63, 3.8) is 0 Å². The maximum atomic E-state index is 6.03. The summed E-state index contributed by atoms with van der Waals surface area (Å²) in [5.41, 5.74) is 2.87. The fourth-order valence-corrected chi connectivity index (χ4v) is 3.82. The summed E-state index contributed by atoms with van der Waals surface area (Å²) in [5.74, 6) is 1.60. The molecule has 27 heavy (non-hydrogen) atoms. The molecule has 6 nitrogen and oxygen atoms in total. The van der Waals surface area contributed by atoms with Crippen molar-refractivity contribution in [1.82, 2.24) is 19.7 Å². The van der Waals surface area contributed by atoms with Crippen LogP contribution in [0, 0.1) is 0 Å². The van der Waals surface area contributed by atoms with E-state index >= 15 is 0 Å². The Morgan fingerprint density at radius 2 is 2.04 bits per heavy atom. The summed E-state index contributed by atoms with van der Waals surface area (Å²) < 4.78 is 12.8. The summed E-state index contributed by atoms with van der Waals surface area (Å²) in [6, 6.07) is 15.5. The van der Waals surface area contributed by atoms with E-state index in [1.165, 1.54) is 0 Å². The van der Waals surface area contributed by atoms with E-state index in [0.29, 0.717) is 29.1 Å². The molecule has 0 saturated heterocycles. The number of nitrogens with zero attached hydrogens (tertiary/aromatic N) is 4. The minimum Gasteiger partial charge on any atom is -0.383 e. The molecule has 2 heterocycles. The summed E-state index contributed by atoms with van der Waals surface area (Å²) in [5, 5.41) is 5.59. The third-order valence-corrected chi connectivity index (χ3v) is 5.21. The Balaban J connectivity index is 1.53. The Hall–Kier alpha value is -2.35. The predicted molar refractivity (Wildman–Crippen MR) is 106 cm³/mol. The first-order valence-electron chi connectivity index (χ1n) is 8.40. The Morgan fingerprint density at radius 3 is 2.89 bits per heavy atom. The van der Waals surface area contributed by atoms with E-state index in [1.54, 1.807) is 18.9 Å². The van der Waals surface area contributed by atoms with E-state index in [-0.39, 0.29) is 0 Å². The maximum Gasteiger partial charge on any atom is 0.237 e. The molecule has 0 atom stereocenters. The molecular weight excluding hydrogens is 384 g/mol. The standard InChI is InChI=1S/C19H17ClN4O2S/c1-25-10-9-24-16-8-3-2-7-15(16)21-19(24)27-12-17-22-18(23-26-17)13-5-4-6-14(20)11-13/h2-8,11H,9-10,12H2,1H3. The molecule has 138 valence electrons. The van der Waals surface area contributed by atoms with Crippen LogP contribution < -0.4 is 0 Å². The normalized spacial score (nSPS) is 11.3. The molecule has 2 aromatic carbocycles. The zero-order valence-electron chi connectivity index (χ0n) is 14.6. The van der Waals surface area contributed by atoms with E-state index in [4.69, 9.17) is 25.8 Å². The molecule has 0 aliphatic heterocycles.